The Balaban J connectivity index is 1.46. The Morgan fingerprint density at radius 1 is 1.39 bits per heavy atom. The average Bonchev–Trinajstić information content (AvgIpc) is 3.17. The predicted octanol–water partition coefficient (Wildman–Crippen LogP) is 2.76. The number of nitrogens with one attached hydrogen (secondary N) is 1. The predicted molar refractivity (Wildman–Crippen MR) is 93.6 cm³/mol. The van der Waals surface area contributed by atoms with Crippen LogP contribution in [0.4, 0.5) is 0 Å². The minimum Gasteiger partial charge on any atom is -0.368 e. The first-order valence-corrected chi connectivity index (χ1v) is 9.15. The van der Waals surface area contributed by atoms with Gasteiger partial charge >= 0.3 is 0 Å². The maximum Gasteiger partial charge on any atom is 0.123 e. The van der Waals surface area contributed by atoms with E-state index in [-0.39, 0.29) is 5.60 Å². The standard InChI is InChI=1S/C18H23N3OS/c1-14-10-21(13-18(22-14)7-8-19-12-18)11-16-9-20-17(23-16)15-5-3-2-4-6-15/h2-6,9,14,19H,7-8,10-13H2,1H3. The number of hydrogen-bond acceptors (Lipinski definition) is 5. The summed E-state index contributed by atoms with van der Waals surface area (Å²) in [5, 5.41) is 4.56. The van der Waals surface area contributed by atoms with E-state index in [9.17, 15) is 0 Å². The van der Waals surface area contributed by atoms with Crippen molar-refractivity contribution in [2.45, 2.75) is 31.6 Å². The lowest BCUT2D eigenvalue weighted by Crippen LogP contribution is -2.55. The molecular weight excluding hydrogens is 306 g/mol. The summed E-state index contributed by atoms with van der Waals surface area (Å²) in [5.41, 5.74) is 1.22. The minimum absolute atomic E-state index is 0.0185. The van der Waals surface area contributed by atoms with Gasteiger partial charge < -0.3 is 10.1 Å². The Labute approximate surface area is 141 Å². The third kappa shape index (κ3) is 3.33. The molecule has 4 nitrogen and oxygen atoms in total. The van der Waals surface area contributed by atoms with E-state index in [1.54, 1.807) is 11.3 Å². The monoisotopic (exact) mass is 329 g/mol. The minimum atomic E-state index is 0.0185. The van der Waals surface area contributed by atoms with Crippen LogP contribution < -0.4 is 5.32 Å². The highest BCUT2D eigenvalue weighted by Gasteiger charge is 2.41. The highest BCUT2D eigenvalue weighted by molar-refractivity contribution is 7.15. The van der Waals surface area contributed by atoms with Gasteiger partial charge in [0, 0.05) is 42.8 Å². The molecule has 0 radical (unpaired) electrons. The van der Waals surface area contributed by atoms with E-state index >= 15 is 0 Å². The molecule has 0 amide bonds. The van der Waals surface area contributed by atoms with Gasteiger partial charge in [0.1, 0.15) is 5.01 Å². The highest BCUT2D eigenvalue weighted by Crippen LogP contribution is 2.30. The molecule has 2 fully saturated rings. The van der Waals surface area contributed by atoms with Crippen LogP contribution >= 0.6 is 11.3 Å². The maximum atomic E-state index is 6.26. The lowest BCUT2D eigenvalue weighted by Gasteiger charge is -2.43. The number of hydrogen-bond donors (Lipinski definition) is 1. The van der Waals surface area contributed by atoms with Crippen LogP contribution in [0, 0.1) is 0 Å². The fourth-order valence-corrected chi connectivity index (χ4v) is 4.69. The van der Waals surface area contributed by atoms with Gasteiger partial charge in [0.15, 0.2) is 0 Å². The smallest absolute Gasteiger partial charge is 0.123 e. The molecule has 5 heteroatoms. The van der Waals surface area contributed by atoms with Crippen molar-refractivity contribution in [2.24, 2.45) is 0 Å². The maximum absolute atomic E-state index is 6.26. The van der Waals surface area contributed by atoms with Crippen LogP contribution in [0.2, 0.25) is 0 Å². The molecule has 0 bridgehead atoms. The molecule has 2 saturated heterocycles. The first-order valence-electron chi connectivity index (χ1n) is 8.33. The molecule has 1 N–H and O–H groups in total. The summed E-state index contributed by atoms with van der Waals surface area (Å²) in [6, 6.07) is 10.4. The molecule has 3 heterocycles. The first-order chi connectivity index (χ1) is 11.2. The molecule has 2 aliphatic heterocycles. The van der Waals surface area contributed by atoms with Crippen LogP contribution in [0.1, 0.15) is 18.2 Å². The fourth-order valence-electron chi connectivity index (χ4n) is 3.73. The molecule has 0 aliphatic carbocycles. The quantitative estimate of drug-likeness (QED) is 0.939. The van der Waals surface area contributed by atoms with E-state index < -0.39 is 0 Å². The number of thiazole rings is 1. The SMILES string of the molecule is CC1CN(Cc2cnc(-c3ccccc3)s2)CC2(CCNC2)O1. The van der Waals surface area contributed by atoms with E-state index in [2.05, 4.69) is 46.4 Å². The number of nitrogens with zero attached hydrogens (tertiary/aromatic N) is 2. The summed E-state index contributed by atoms with van der Waals surface area (Å²) in [6.07, 6.45) is 3.45. The number of aromatic nitrogens is 1. The van der Waals surface area contributed by atoms with Gasteiger partial charge in [0.05, 0.1) is 11.7 Å². The number of morpholine rings is 1. The largest absolute Gasteiger partial charge is 0.368 e. The van der Waals surface area contributed by atoms with Crippen molar-refractivity contribution in [3.8, 4) is 10.6 Å². The second-order valence-electron chi connectivity index (χ2n) is 6.71. The molecule has 1 spiro atoms. The number of rotatable bonds is 3. The summed E-state index contributed by atoms with van der Waals surface area (Å²) in [5.74, 6) is 0. The van der Waals surface area contributed by atoms with Gasteiger partial charge in [-0.25, -0.2) is 4.98 Å². The molecule has 0 saturated carbocycles. The third-order valence-corrected chi connectivity index (χ3v) is 5.67. The summed E-state index contributed by atoms with van der Waals surface area (Å²) in [6.45, 7) is 7.22. The Morgan fingerprint density at radius 2 is 2.26 bits per heavy atom. The zero-order chi connectivity index (χ0) is 15.7. The van der Waals surface area contributed by atoms with Crippen LogP contribution in [-0.4, -0.2) is 47.8 Å². The fraction of sp³-hybridized carbons (Fsp3) is 0.500. The van der Waals surface area contributed by atoms with E-state index in [1.807, 2.05) is 12.3 Å². The van der Waals surface area contributed by atoms with Gasteiger partial charge in [-0.15, -0.1) is 11.3 Å². The van der Waals surface area contributed by atoms with Crippen molar-refractivity contribution in [2.75, 3.05) is 26.2 Å². The van der Waals surface area contributed by atoms with Crippen LogP contribution in [-0.2, 0) is 11.3 Å². The van der Waals surface area contributed by atoms with Gasteiger partial charge in [-0.2, -0.15) is 0 Å². The molecule has 23 heavy (non-hydrogen) atoms. The van der Waals surface area contributed by atoms with Gasteiger partial charge in [0.25, 0.3) is 0 Å². The molecule has 2 aromatic rings. The summed E-state index contributed by atoms with van der Waals surface area (Å²) in [4.78, 5) is 8.47. The van der Waals surface area contributed by atoms with Crippen LogP contribution in [0.5, 0.6) is 0 Å². The Morgan fingerprint density at radius 3 is 3.04 bits per heavy atom. The number of ether oxygens (including phenoxy) is 1. The van der Waals surface area contributed by atoms with E-state index in [4.69, 9.17) is 4.74 Å². The van der Waals surface area contributed by atoms with Gasteiger partial charge in [-0.05, 0) is 19.9 Å². The van der Waals surface area contributed by atoms with Gasteiger partial charge in [-0.3, -0.25) is 4.90 Å². The average molecular weight is 329 g/mol. The lowest BCUT2D eigenvalue weighted by molar-refractivity contribution is -0.139. The topological polar surface area (TPSA) is 37.4 Å². The van der Waals surface area contributed by atoms with E-state index in [0.717, 1.165) is 44.2 Å². The lowest BCUT2D eigenvalue weighted by atomic mass is 9.99. The molecule has 2 atom stereocenters. The van der Waals surface area contributed by atoms with Crippen LogP contribution in [0.3, 0.4) is 0 Å². The van der Waals surface area contributed by atoms with E-state index in [0.29, 0.717) is 6.10 Å². The van der Waals surface area contributed by atoms with Crippen molar-refractivity contribution in [3.05, 3.63) is 41.4 Å². The van der Waals surface area contributed by atoms with Crippen LogP contribution in [0.15, 0.2) is 36.5 Å². The van der Waals surface area contributed by atoms with Gasteiger partial charge in [-0.1, -0.05) is 30.3 Å². The van der Waals surface area contributed by atoms with Crippen molar-refractivity contribution in [1.82, 2.24) is 15.2 Å². The summed E-state index contributed by atoms with van der Waals surface area (Å²) in [7, 11) is 0. The molecular formula is C18H23N3OS. The van der Waals surface area contributed by atoms with Crippen molar-refractivity contribution in [3.63, 3.8) is 0 Å². The highest BCUT2D eigenvalue weighted by atomic mass is 32.1. The molecule has 2 aliphatic rings. The number of benzene rings is 1. The second-order valence-corrected chi connectivity index (χ2v) is 7.82. The second kappa shape index (κ2) is 6.32. The normalized spacial score (nSPS) is 28.5. The Bertz CT molecular complexity index is 651. The Hall–Kier alpha value is -1.27. The van der Waals surface area contributed by atoms with E-state index in [1.165, 1.54) is 10.4 Å². The molecule has 1 aromatic heterocycles. The zero-order valence-corrected chi connectivity index (χ0v) is 14.3. The van der Waals surface area contributed by atoms with Crippen LogP contribution in [0.25, 0.3) is 10.6 Å². The summed E-state index contributed by atoms with van der Waals surface area (Å²) >= 11 is 1.80. The molecule has 1 aromatic carbocycles. The van der Waals surface area contributed by atoms with Crippen molar-refractivity contribution in [1.29, 1.82) is 0 Å². The molecule has 122 valence electrons. The third-order valence-electron chi connectivity index (χ3n) is 4.64. The van der Waals surface area contributed by atoms with Crippen molar-refractivity contribution >= 4 is 11.3 Å². The first kappa shape index (κ1) is 15.3. The van der Waals surface area contributed by atoms with Crippen molar-refractivity contribution < 1.29 is 4.74 Å². The van der Waals surface area contributed by atoms with Gasteiger partial charge in [0.2, 0.25) is 0 Å². The Kier molecular flexibility index (Phi) is 4.20. The summed E-state index contributed by atoms with van der Waals surface area (Å²) < 4.78 is 6.26. The molecule has 2 unspecified atom stereocenters. The zero-order valence-electron chi connectivity index (χ0n) is 13.5. The molecule has 4 rings (SSSR count).